The average Bonchev–Trinajstić information content (AvgIpc) is 2.50. The van der Waals surface area contributed by atoms with E-state index in [2.05, 4.69) is 4.98 Å². The first-order chi connectivity index (χ1) is 6.02. The van der Waals surface area contributed by atoms with Crippen molar-refractivity contribution < 1.29 is 9.59 Å². The first-order valence-corrected chi connectivity index (χ1v) is 4.62. The van der Waals surface area contributed by atoms with Gasteiger partial charge in [0.25, 0.3) is 0 Å². The van der Waals surface area contributed by atoms with Crippen molar-refractivity contribution in [2.75, 3.05) is 0 Å². The Kier molecular flexibility index (Phi) is 2.90. The van der Waals surface area contributed by atoms with Crippen LogP contribution in [0.4, 0.5) is 0 Å². The number of aromatic nitrogens is 1. The molecular formula is C8H10N2O2S. The van der Waals surface area contributed by atoms with Crippen LogP contribution in [0.15, 0.2) is 5.38 Å². The second-order valence-corrected chi connectivity index (χ2v) is 3.61. The third-order valence-electron chi connectivity index (χ3n) is 1.59. The zero-order valence-corrected chi connectivity index (χ0v) is 8.22. The number of nitrogens with two attached hydrogens (primary N) is 1. The number of hydrogen-bond donors (Lipinski definition) is 1. The summed E-state index contributed by atoms with van der Waals surface area (Å²) < 4.78 is 0. The van der Waals surface area contributed by atoms with Crippen LogP contribution < -0.4 is 5.73 Å². The van der Waals surface area contributed by atoms with Crippen molar-refractivity contribution in [2.45, 2.75) is 19.9 Å². The molecule has 0 aliphatic heterocycles. The summed E-state index contributed by atoms with van der Waals surface area (Å²) in [5.74, 6) is -0.261. The Morgan fingerprint density at radius 2 is 2.15 bits per heavy atom. The number of nitrogens with zero attached hydrogens (tertiary/aromatic N) is 1. The maximum atomic E-state index is 10.9. The molecule has 5 heteroatoms. The topological polar surface area (TPSA) is 73.1 Å². The van der Waals surface area contributed by atoms with Crippen LogP contribution in [-0.2, 0) is 4.79 Å². The van der Waals surface area contributed by atoms with Gasteiger partial charge < -0.3 is 5.73 Å². The Morgan fingerprint density at radius 1 is 1.54 bits per heavy atom. The van der Waals surface area contributed by atoms with Crippen LogP contribution in [0.1, 0.15) is 35.4 Å². The minimum absolute atomic E-state index is 0.113. The van der Waals surface area contributed by atoms with Crippen molar-refractivity contribution in [2.24, 2.45) is 5.73 Å². The van der Waals surface area contributed by atoms with Crippen molar-refractivity contribution in [3.8, 4) is 0 Å². The number of rotatable bonds is 3. The summed E-state index contributed by atoms with van der Waals surface area (Å²) >= 11 is 1.24. The minimum atomic E-state index is -0.696. The molecule has 1 heterocycles. The molecule has 0 aliphatic carbocycles. The summed E-state index contributed by atoms with van der Waals surface area (Å²) in [4.78, 5) is 25.7. The summed E-state index contributed by atoms with van der Waals surface area (Å²) in [5, 5.41) is 2.11. The van der Waals surface area contributed by atoms with E-state index in [9.17, 15) is 9.59 Å². The summed E-state index contributed by atoms with van der Waals surface area (Å²) in [5.41, 5.74) is 5.91. The molecule has 0 saturated carbocycles. The lowest BCUT2D eigenvalue weighted by atomic mass is 10.2. The van der Waals surface area contributed by atoms with Crippen LogP contribution >= 0.6 is 11.3 Å². The first kappa shape index (κ1) is 10.0. The smallest absolute Gasteiger partial charge is 0.178 e. The van der Waals surface area contributed by atoms with E-state index in [1.807, 2.05) is 0 Å². The standard InChI is InChI=1S/C8H10N2O2S/c1-4(11)6-3-13-8(10-6)7(9)5(2)12/h3,7H,9H2,1-2H3. The fourth-order valence-corrected chi connectivity index (χ4v) is 1.68. The van der Waals surface area contributed by atoms with Crippen molar-refractivity contribution in [1.82, 2.24) is 4.98 Å². The molecule has 13 heavy (non-hydrogen) atoms. The van der Waals surface area contributed by atoms with Gasteiger partial charge in [0.1, 0.15) is 16.7 Å². The molecule has 70 valence electrons. The molecule has 0 fully saturated rings. The van der Waals surface area contributed by atoms with E-state index in [1.165, 1.54) is 25.2 Å². The highest BCUT2D eigenvalue weighted by Crippen LogP contribution is 2.17. The Bertz CT molecular complexity index is 346. The Labute approximate surface area is 79.8 Å². The second kappa shape index (κ2) is 3.76. The molecular weight excluding hydrogens is 188 g/mol. The third kappa shape index (κ3) is 2.19. The summed E-state index contributed by atoms with van der Waals surface area (Å²) in [6, 6.07) is -0.696. The molecule has 4 nitrogen and oxygen atoms in total. The number of Topliss-reactive ketones (excluding diaryl/α,β-unsaturated/α-hetero) is 2. The van der Waals surface area contributed by atoms with E-state index in [1.54, 1.807) is 5.38 Å². The normalized spacial score (nSPS) is 12.5. The molecule has 0 saturated heterocycles. The largest absolute Gasteiger partial charge is 0.316 e. The predicted molar refractivity (Wildman–Crippen MR) is 49.7 cm³/mol. The van der Waals surface area contributed by atoms with Crippen molar-refractivity contribution in [1.29, 1.82) is 0 Å². The second-order valence-electron chi connectivity index (χ2n) is 2.72. The van der Waals surface area contributed by atoms with E-state index in [-0.39, 0.29) is 11.6 Å². The minimum Gasteiger partial charge on any atom is -0.316 e. The molecule has 2 N–H and O–H groups in total. The van der Waals surface area contributed by atoms with Crippen LogP contribution in [0.25, 0.3) is 0 Å². The van der Waals surface area contributed by atoms with Gasteiger partial charge in [-0.05, 0) is 6.92 Å². The molecule has 1 aromatic heterocycles. The van der Waals surface area contributed by atoms with E-state index in [0.29, 0.717) is 10.7 Å². The summed E-state index contributed by atoms with van der Waals surface area (Å²) in [6.07, 6.45) is 0. The molecule has 0 spiro atoms. The van der Waals surface area contributed by atoms with Gasteiger partial charge in [0.05, 0.1) is 0 Å². The van der Waals surface area contributed by atoms with Gasteiger partial charge in [-0.3, -0.25) is 9.59 Å². The Hall–Kier alpha value is -1.07. The number of carbonyl (C=O) groups is 2. The molecule has 0 radical (unpaired) electrons. The van der Waals surface area contributed by atoms with Crippen LogP contribution in [0.3, 0.4) is 0 Å². The van der Waals surface area contributed by atoms with E-state index >= 15 is 0 Å². The van der Waals surface area contributed by atoms with Gasteiger partial charge in [-0.25, -0.2) is 4.98 Å². The van der Waals surface area contributed by atoms with Gasteiger partial charge in [0.2, 0.25) is 0 Å². The number of carbonyl (C=O) groups excluding carboxylic acids is 2. The van der Waals surface area contributed by atoms with Crippen LogP contribution in [0, 0.1) is 0 Å². The molecule has 0 bridgehead atoms. The van der Waals surface area contributed by atoms with Crippen molar-refractivity contribution >= 4 is 22.9 Å². The highest BCUT2D eigenvalue weighted by atomic mass is 32.1. The summed E-state index contributed by atoms with van der Waals surface area (Å²) in [6.45, 7) is 2.83. The fourth-order valence-electron chi connectivity index (χ4n) is 0.766. The first-order valence-electron chi connectivity index (χ1n) is 3.74. The Balaban J connectivity index is 2.91. The van der Waals surface area contributed by atoms with Gasteiger partial charge >= 0.3 is 0 Å². The van der Waals surface area contributed by atoms with Gasteiger partial charge in [-0.15, -0.1) is 11.3 Å². The van der Waals surface area contributed by atoms with E-state index in [4.69, 9.17) is 5.73 Å². The van der Waals surface area contributed by atoms with Gasteiger partial charge in [-0.2, -0.15) is 0 Å². The number of hydrogen-bond acceptors (Lipinski definition) is 5. The maximum Gasteiger partial charge on any atom is 0.178 e. The Morgan fingerprint density at radius 3 is 2.54 bits per heavy atom. The maximum absolute atomic E-state index is 10.9. The predicted octanol–water partition coefficient (Wildman–Crippen LogP) is 0.935. The zero-order valence-electron chi connectivity index (χ0n) is 7.40. The van der Waals surface area contributed by atoms with Crippen molar-refractivity contribution in [3.63, 3.8) is 0 Å². The third-order valence-corrected chi connectivity index (χ3v) is 2.51. The van der Waals surface area contributed by atoms with Crippen LogP contribution in [-0.4, -0.2) is 16.6 Å². The van der Waals surface area contributed by atoms with Gasteiger partial charge in [0, 0.05) is 12.3 Å². The molecule has 0 aromatic carbocycles. The lowest BCUT2D eigenvalue weighted by Crippen LogP contribution is -2.18. The molecule has 0 amide bonds. The molecule has 0 aliphatic rings. The molecule has 1 aromatic rings. The van der Waals surface area contributed by atoms with Crippen LogP contribution in [0.5, 0.6) is 0 Å². The van der Waals surface area contributed by atoms with Gasteiger partial charge in [0.15, 0.2) is 11.6 Å². The van der Waals surface area contributed by atoms with E-state index < -0.39 is 6.04 Å². The lowest BCUT2D eigenvalue weighted by Gasteiger charge is -2.00. The van der Waals surface area contributed by atoms with Crippen LogP contribution in [0.2, 0.25) is 0 Å². The quantitative estimate of drug-likeness (QED) is 0.733. The average molecular weight is 198 g/mol. The monoisotopic (exact) mass is 198 g/mol. The van der Waals surface area contributed by atoms with Crippen molar-refractivity contribution in [3.05, 3.63) is 16.1 Å². The SMILES string of the molecule is CC(=O)c1csc(C(N)C(C)=O)n1. The summed E-state index contributed by atoms with van der Waals surface area (Å²) in [7, 11) is 0. The van der Waals surface area contributed by atoms with E-state index in [0.717, 1.165) is 0 Å². The highest BCUT2D eigenvalue weighted by Gasteiger charge is 2.16. The molecule has 1 unspecified atom stereocenters. The fraction of sp³-hybridized carbons (Fsp3) is 0.375. The van der Waals surface area contributed by atoms with Gasteiger partial charge in [-0.1, -0.05) is 0 Å². The number of thiazole rings is 1. The molecule has 1 rings (SSSR count). The molecule has 1 atom stereocenters. The number of ketones is 2. The zero-order chi connectivity index (χ0) is 10.0. The highest BCUT2D eigenvalue weighted by molar-refractivity contribution is 7.10. The lowest BCUT2D eigenvalue weighted by molar-refractivity contribution is -0.118.